The third kappa shape index (κ3) is 10.7. The predicted molar refractivity (Wildman–Crippen MR) is 53.1 cm³/mol. The van der Waals surface area contributed by atoms with E-state index in [1.165, 1.54) is 12.5 Å². The zero-order valence-electron chi connectivity index (χ0n) is 7.72. The van der Waals surface area contributed by atoms with Gasteiger partial charge in [0.2, 0.25) is 0 Å². The van der Waals surface area contributed by atoms with Crippen molar-refractivity contribution in [3.05, 3.63) is 35.9 Å². The van der Waals surface area contributed by atoms with Crippen molar-refractivity contribution >= 4 is 56.3 Å². The Labute approximate surface area is 113 Å². The summed E-state index contributed by atoms with van der Waals surface area (Å²) in [6, 6.07) is 10.7. The van der Waals surface area contributed by atoms with Crippen LogP contribution in [0.2, 0.25) is 0.515 Å². The fraction of sp³-hybridized carbons (Fsp3) is 0.250. The number of hydrogen-bond donors (Lipinski definition) is 3. The molecule has 0 fully saturated rings. The summed E-state index contributed by atoms with van der Waals surface area (Å²) in [7, 11) is -2.17. The molecule has 1 aromatic carbocycles. The van der Waals surface area contributed by atoms with Crippen LogP contribution in [0, 0.1) is 0 Å². The van der Waals surface area contributed by atoms with Gasteiger partial charge < -0.3 is 15.1 Å². The molecular weight excluding hydrogens is 194 g/mol. The summed E-state index contributed by atoms with van der Waals surface area (Å²) in [6.07, 6.45) is 1.29. The molecule has 0 aliphatic rings. The minimum atomic E-state index is -2.17. The number of rotatable bonds is 2. The van der Waals surface area contributed by atoms with Crippen LogP contribution in [0.4, 0.5) is 0 Å². The van der Waals surface area contributed by atoms with Crippen molar-refractivity contribution in [3.8, 4) is 0 Å². The van der Waals surface area contributed by atoms with Crippen molar-refractivity contribution < 1.29 is 15.1 Å². The fourth-order valence-electron chi connectivity index (χ4n) is 0.933. The van der Waals surface area contributed by atoms with Gasteiger partial charge in [0.05, 0.1) is 0 Å². The van der Waals surface area contributed by atoms with E-state index in [1.54, 1.807) is 0 Å². The number of hydrogen-bond acceptors (Lipinski definition) is 3. The number of benzene rings is 1. The molecule has 1 aromatic rings. The minimum absolute atomic E-state index is 1.02. The van der Waals surface area contributed by atoms with Crippen LogP contribution in [0.25, 0.3) is 0 Å². The zero-order valence-corrected chi connectivity index (χ0v) is 10.8. The Bertz CT molecular complexity index is 203. The molecular formula is C8H12BKO3. The summed E-state index contributed by atoms with van der Waals surface area (Å²) in [4.78, 5) is 0. The van der Waals surface area contributed by atoms with Gasteiger partial charge in [-0.25, -0.2) is 0 Å². The van der Waals surface area contributed by atoms with Crippen LogP contribution in [0.15, 0.2) is 30.3 Å². The van der Waals surface area contributed by atoms with E-state index in [0.29, 0.717) is 0 Å². The van der Waals surface area contributed by atoms with E-state index in [1.807, 2.05) is 0 Å². The van der Waals surface area contributed by atoms with Crippen LogP contribution in [0.5, 0.6) is 0 Å². The fourth-order valence-corrected chi connectivity index (χ4v) is 1.83. The molecule has 0 radical (unpaired) electrons. The molecule has 0 aliphatic carbocycles. The van der Waals surface area contributed by atoms with Gasteiger partial charge in [0.25, 0.3) is 0 Å². The molecule has 3 N–H and O–H groups in total. The van der Waals surface area contributed by atoms with Crippen LogP contribution < -0.4 is 0 Å². The van der Waals surface area contributed by atoms with Crippen LogP contribution in [-0.2, 0) is 6.42 Å². The van der Waals surface area contributed by atoms with Crippen molar-refractivity contribution in [2.24, 2.45) is 0 Å². The van der Waals surface area contributed by atoms with Crippen LogP contribution >= 0.6 is 0 Å². The second kappa shape index (κ2) is 9.36. The molecule has 0 bridgehead atoms. The van der Waals surface area contributed by atoms with Crippen molar-refractivity contribution in [2.75, 3.05) is 0 Å². The van der Waals surface area contributed by atoms with Crippen LogP contribution in [0.3, 0.4) is 0 Å². The van der Waals surface area contributed by atoms with Gasteiger partial charge in [0, 0.05) is 0 Å². The zero-order chi connectivity index (χ0) is 10.1. The van der Waals surface area contributed by atoms with Crippen molar-refractivity contribution in [3.63, 3.8) is 0 Å². The Kier molecular flexibility index (Phi) is 9.94. The summed E-state index contributed by atoms with van der Waals surface area (Å²) in [5.74, 6) is 0. The molecule has 3 nitrogen and oxygen atoms in total. The quantitative estimate of drug-likeness (QED) is 0.585. The van der Waals surface area contributed by atoms with Crippen molar-refractivity contribution in [1.82, 2.24) is 0 Å². The molecule has 0 atom stereocenters. The van der Waals surface area contributed by atoms with E-state index < -0.39 is 7.32 Å². The van der Waals surface area contributed by atoms with E-state index >= 15 is 0 Å². The summed E-state index contributed by atoms with van der Waals surface area (Å²) in [5.41, 5.74) is 1.49. The first-order valence-electron chi connectivity index (χ1n) is 4.25. The Morgan fingerprint density at radius 2 is 1.54 bits per heavy atom. The molecule has 13 heavy (non-hydrogen) atoms. The maximum atomic E-state index is 7.17. The molecule has 66 valence electrons. The molecule has 0 saturated heterocycles. The average Bonchev–Trinajstić information content (AvgIpc) is 2.06. The van der Waals surface area contributed by atoms with E-state index in [0.717, 1.165) is 49.0 Å². The molecule has 0 amide bonds. The molecule has 0 spiro atoms. The van der Waals surface area contributed by atoms with Crippen LogP contribution in [-0.4, -0.2) is 71.3 Å². The predicted octanol–water partition coefficient (Wildman–Crippen LogP) is -0.236. The van der Waals surface area contributed by atoms with Gasteiger partial charge in [-0.2, -0.15) is 0 Å². The summed E-state index contributed by atoms with van der Waals surface area (Å²) in [5, 5.41) is 21.5. The topological polar surface area (TPSA) is 60.7 Å². The third-order valence-corrected chi connectivity index (χ3v) is 2.16. The Morgan fingerprint density at radius 1 is 1.08 bits per heavy atom. The second-order valence-electron chi connectivity index (χ2n) is 2.58. The van der Waals surface area contributed by atoms with Crippen molar-refractivity contribution in [2.45, 2.75) is 6.94 Å². The number of aryl methyl sites for hydroxylation is 1. The molecule has 0 aliphatic heterocycles. The summed E-state index contributed by atoms with van der Waals surface area (Å²) in [6.45, 7) is 0. The average molecular weight is 206 g/mol. The summed E-state index contributed by atoms with van der Waals surface area (Å²) >= 11 is 1.02. The first-order chi connectivity index (χ1) is 6.16. The van der Waals surface area contributed by atoms with E-state index in [-0.39, 0.29) is 0 Å². The van der Waals surface area contributed by atoms with E-state index in [9.17, 15) is 0 Å². The molecule has 0 aromatic heterocycles. The standard InChI is InChI=1S/C8H9.BH3O3.K/c1-2-8-6-4-3-5-7-8;2-1(3)4;/h3-7H,1-2H2;2-4H;. The van der Waals surface area contributed by atoms with Gasteiger partial charge in [0.15, 0.2) is 0 Å². The Balaban J connectivity index is 0.000000310. The molecule has 1 rings (SSSR count). The molecule has 0 saturated carbocycles. The van der Waals surface area contributed by atoms with Crippen LogP contribution in [0.1, 0.15) is 5.56 Å². The Morgan fingerprint density at radius 3 is 1.92 bits per heavy atom. The summed E-state index contributed by atoms with van der Waals surface area (Å²) < 4.78 is 1.43. The third-order valence-electron chi connectivity index (χ3n) is 1.38. The van der Waals surface area contributed by atoms with Gasteiger partial charge in [-0.05, 0) is 0 Å². The van der Waals surface area contributed by atoms with E-state index in [2.05, 4.69) is 30.3 Å². The molecule has 0 heterocycles. The SMILES string of the molecule is OB(O)O.[K][CH2]Cc1ccccc1. The van der Waals surface area contributed by atoms with Gasteiger partial charge in [-0.1, -0.05) is 0 Å². The van der Waals surface area contributed by atoms with Gasteiger partial charge in [-0.3, -0.25) is 0 Å². The van der Waals surface area contributed by atoms with Gasteiger partial charge in [-0.15, -0.1) is 0 Å². The van der Waals surface area contributed by atoms with Gasteiger partial charge >= 0.3 is 99.1 Å². The second-order valence-corrected chi connectivity index (χ2v) is 4.14. The molecule has 5 heteroatoms. The van der Waals surface area contributed by atoms with E-state index in [4.69, 9.17) is 15.1 Å². The van der Waals surface area contributed by atoms with Gasteiger partial charge in [0.1, 0.15) is 0 Å². The normalized spacial score (nSPS) is 8.69. The first-order valence-corrected chi connectivity index (χ1v) is 6.45. The maximum absolute atomic E-state index is 7.17. The Hall–Kier alpha value is 0.801. The first kappa shape index (κ1) is 13.8. The molecule has 0 unspecified atom stereocenters. The monoisotopic (exact) mass is 206 g/mol. The van der Waals surface area contributed by atoms with Crippen molar-refractivity contribution in [1.29, 1.82) is 0 Å².